The van der Waals surface area contributed by atoms with E-state index in [4.69, 9.17) is 0 Å². The van der Waals surface area contributed by atoms with Crippen molar-refractivity contribution in [2.45, 2.75) is 26.0 Å². The zero-order chi connectivity index (χ0) is 14.1. The number of hydrogen-bond acceptors (Lipinski definition) is 5. The molecule has 2 aromatic heterocycles. The number of anilines is 1. The fourth-order valence-corrected chi connectivity index (χ4v) is 3.02. The Morgan fingerprint density at radius 1 is 1.45 bits per heavy atom. The molecule has 0 radical (unpaired) electrons. The van der Waals surface area contributed by atoms with Crippen LogP contribution in [0.4, 0.5) is 5.82 Å². The normalized spacial score (nSPS) is 23.6. The molecule has 0 bridgehead atoms. The van der Waals surface area contributed by atoms with Gasteiger partial charge in [0.05, 0.1) is 11.6 Å². The van der Waals surface area contributed by atoms with Crippen LogP contribution >= 0.6 is 0 Å². The number of rotatable bonds is 4. The first kappa shape index (κ1) is 13.3. The standard InChI is InChI=1S/C14H21N5O/c1-3-9-5-19(7-11(9)20)6-10-4-16-13-12(10)17-8-18-14(13)15-2/h4,8-9,11,16,20H,3,5-7H2,1-2H3,(H,15,17,18)/t9-,11-/m0/s1. The molecule has 0 amide bonds. The van der Waals surface area contributed by atoms with Crippen molar-refractivity contribution in [1.29, 1.82) is 0 Å². The Labute approximate surface area is 118 Å². The van der Waals surface area contributed by atoms with Gasteiger partial charge in [0.2, 0.25) is 0 Å². The van der Waals surface area contributed by atoms with E-state index >= 15 is 0 Å². The average Bonchev–Trinajstić information content (AvgIpc) is 3.03. The van der Waals surface area contributed by atoms with Crippen LogP contribution in [0.2, 0.25) is 0 Å². The van der Waals surface area contributed by atoms with Gasteiger partial charge in [0.25, 0.3) is 0 Å². The first-order valence-electron chi connectivity index (χ1n) is 7.12. The third kappa shape index (κ3) is 2.25. The quantitative estimate of drug-likeness (QED) is 0.781. The molecular formula is C14H21N5O. The van der Waals surface area contributed by atoms with E-state index in [0.717, 1.165) is 48.5 Å². The van der Waals surface area contributed by atoms with Crippen molar-refractivity contribution in [2.75, 3.05) is 25.5 Å². The van der Waals surface area contributed by atoms with Crippen LogP contribution in [-0.4, -0.2) is 51.2 Å². The second-order valence-corrected chi connectivity index (χ2v) is 5.44. The van der Waals surface area contributed by atoms with Crippen molar-refractivity contribution in [2.24, 2.45) is 5.92 Å². The van der Waals surface area contributed by atoms with Gasteiger partial charge in [0.15, 0.2) is 5.82 Å². The zero-order valence-corrected chi connectivity index (χ0v) is 11.9. The van der Waals surface area contributed by atoms with Crippen molar-refractivity contribution in [3.63, 3.8) is 0 Å². The van der Waals surface area contributed by atoms with Crippen LogP contribution in [0.3, 0.4) is 0 Å². The molecule has 0 aromatic carbocycles. The van der Waals surface area contributed by atoms with Crippen molar-refractivity contribution in [1.82, 2.24) is 19.9 Å². The van der Waals surface area contributed by atoms with Gasteiger partial charge in [-0.25, -0.2) is 9.97 Å². The van der Waals surface area contributed by atoms with Crippen LogP contribution in [-0.2, 0) is 6.54 Å². The summed E-state index contributed by atoms with van der Waals surface area (Å²) in [6.45, 7) is 4.65. The fourth-order valence-electron chi connectivity index (χ4n) is 3.02. The number of aromatic nitrogens is 3. The molecule has 1 aliphatic heterocycles. The highest BCUT2D eigenvalue weighted by molar-refractivity contribution is 5.87. The summed E-state index contributed by atoms with van der Waals surface area (Å²) in [5, 5.41) is 13.1. The van der Waals surface area contributed by atoms with E-state index in [1.807, 2.05) is 13.2 Å². The molecule has 6 nitrogen and oxygen atoms in total. The van der Waals surface area contributed by atoms with E-state index in [1.165, 1.54) is 0 Å². The zero-order valence-electron chi connectivity index (χ0n) is 11.9. The van der Waals surface area contributed by atoms with Gasteiger partial charge >= 0.3 is 0 Å². The van der Waals surface area contributed by atoms with Crippen molar-refractivity contribution < 1.29 is 5.11 Å². The smallest absolute Gasteiger partial charge is 0.153 e. The third-order valence-electron chi connectivity index (χ3n) is 4.18. The maximum absolute atomic E-state index is 10.00. The second-order valence-electron chi connectivity index (χ2n) is 5.44. The number of aromatic amines is 1. The van der Waals surface area contributed by atoms with Crippen LogP contribution in [0.1, 0.15) is 18.9 Å². The molecule has 1 aliphatic rings. The molecule has 1 fully saturated rings. The minimum Gasteiger partial charge on any atom is -0.391 e. The van der Waals surface area contributed by atoms with E-state index in [1.54, 1.807) is 6.33 Å². The molecule has 3 heterocycles. The highest BCUT2D eigenvalue weighted by Crippen LogP contribution is 2.25. The Morgan fingerprint density at radius 3 is 3.00 bits per heavy atom. The van der Waals surface area contributed by atoms with Gasteiger partial charge in [-0.2, -0.15) is 0 Å². The Morgan fingerprint density at radius 2 is 2.30 bits per heavy atom. The number of hydrogen-bond donors (Lipinski definition) is 3. The summed E-state index contributed by atoms with van der Waals surface area (Å²) >= 11 is 0. The Bertz CT molecular complexity index is 596. The summed E-state index contributed by atoms with van der Waals surface area (Å²) in [5.41, 5.74) is 3.05. The molecule has 20 heavy (non-hydrogen) atoms. The minimum absolute atomic E-state index is 0.201. The lowest BCUT2D eigenvalue weighted by Gasteiger charge is -2.14. The highest BCUT2D eigenvalue weighted by Gasteiger charge is 2.30. The number of β-amino-alcohol motifs (C(OH)–C–C–N with tert-alkyl or cyclic N) is 1. The molecule has 2 atom stereocenters. The van der Waals surface area contributed by atoms with Crippen LogP contribution in [0.25, 0.3) is 11.0 Å². The highest BCUT2D eigenvalue weighted by atomic mass is 16.3. The number of nitrogens with one attached hydrogen (secondary N) is 2. The molecular weight excluding hydrogens is 254 g/mol. The Balaban J connectivity index is 1.82. The van der Waals surface area contributed by atoms with E-state index in [2.05, 4.69) is 32.1 Å². The van der Waals surface area contributed by atoms with Crippen molar-refractivity contribution >= 4 is 16.9 Å². The molecule has 3 rings (SSSR count). The number of likely N-dealkylation sites (tertiary alicyclic amines) is 1. The largest absolute Gasteiger partial charge is 0.391 e. The van der Waals surface area contributed by atoms with Crippen molar-refractivity contribution in [3.8, 4) is 0 Å². The second kappa shape index (κ2) is 5.38. The van der Waals surface area contributed by atoms with Gasteiger partial charge in [0.1, 0.15) is 11.8 Å². The maximum Gasteiger partial charge on any atom is 0.153 e. The monoisotopic (exact) mass is 275 g/mol. The lowest BCUT2D eigenvalue weighted by atomic mass is 10.0. The summed E-state index contributed by atoms with van der Waals surface area (Å²) < 4.78 is 0. The summed E-state index contributed by atoms with van der Waals surface area (Å²) in [6, 6.07) is 0. The molecule has 0 saturated carbocycles. The summed E-state index contributed by atoms with van der Waals surface area (Å²) in [5.74, 6) is 1.21. The predicted octanol–water partition coefficient (Wildman–Crippen LogP) is 1.20. The van der Waals surface area contributed by atoms with Gasteiger partial charge in [0, 0.05) is 38.4 Å². The summed E-state index contributed by atoms with van der Waals surface area (Å²) in [7, 11) is 1.85. The van der Waals surface area contributed by atoms with Gasteiger partial charge in [-0.15, -0.1) is 0 Å². The van der Waals surface area contributed by atoms with Crippen LogP contribution in [0, 0.1) is 5.92 Å². The molecule has 3 N–H and O–H groups in total. The lowest BCUT2D eigenvalue weighted by molar-refractivity contribution is 0.139. The van der Waals surface area contributed by atoms with Gasteiger partial charge in [-0.1, -0.05) is 6.92 Å². The van der Waals surface area contributed by atoms with E-state index < -0.39 is 0 Å². The fraction of sp³-hybridized carbons (Fsp3) is 0.571. The molecule has 0 spiro atoms. The van der Waals surface area contributed by atoms with Crippen LogP contribution < -0.4 is 5.32 Å². The first-order valence-corrected chi connectivity index (χ1v) is 7.12. The van der Waals surface area contributed by atoms with Gasteiger partial charge < -0.3 is 15.4 Å². The Hall–Kier alpha value is -1.66. The molecule has 1 saturated heterocycles. The number of aliphatic hydroxyl groups excluding tert-OH is 1. The number of aliphatic hydroxyl groups is 1. The van der Waals surface area contributed by atoms with E-state index in [0.29, 0.717) is 5.92 Å². The van der Waals surface area contributed by atoms with E-state index in [9.17, 15) is 5.11 Å². The van der Waals surface area contributed by atoms with Gasteiger partial charge in [-0.3, -0.25) is 4.90 Å². The average molecular weight is 275 g/mol. The lowest BCUT2D eigenvalue weighted by Crippen LogP contribution is -2.21. The minimum atomic E-state index is -0.201. The molecule has 108 valence electrons. The molecule has 0 aliphatic carbocycles. The van der Waals surface area contributed by atoms with E-state index in [-0.39, 0.29) is 6.10 Å². The topological polar surface area (TPSA) is 77.1 Å². The molecule has 2 aromatic rings. The summed E-state index contributed by atoms with van der Waals surface area (Å²) in [6.07, 6.45) is 4.40. The van der Waals surface area contributed by atoms with Crippen molar-refractivity contribution in [3.05, 3.63) is 18.1 Å². The SMILES string of the molecule is CC[C@H]1CN(Cc2c[nH]c3c(NC)ncnc23)C[C@@H]1O. The maximum atomic E-state index is 10.00. The molecule has 6 heteroatoms. The summed E-state index contributed by atoms with van der Waals surface area (Å²) in [4.78, 5) is 14.1. The third-order valence-corrected chi connectivity index (χ3v) is 4.18. The number of fused-ring (bicyclic) bond motifs is 1. The van der Waals surface area contributed by atoms with Crippen LogP contribution in [0.15, 0.2) is 12.5 Å². The first-order chi connectivity index (χ1) is 9.72. The predicted molar refractivity (Wildman–Crippen MR) is 78.5 cm³/mol. The number of nitrogens with zero attached hydrogens (tertiary/aromatic N) is 3. The Kier molecular flexibility index (Phi) is 3.58. The van der Waals surface area contributed by atoms with Gasteiger partial charge in [-0.05, 0) is 12.3 Å². The molecule has 0 unspecified atom stereocenters. The van der Waals surface area contributed by atoms with Crippen LogP contribution in [0.5, 0.6) is 0 Å². The number of H-pyrrole nitrogens is 1.